The van der Waals surface area contributed by atoms with Crippen LogP contribution < -0.4 is 15.9 Å². The minimum absolute atomic E-state index is 0.0270. The Morgan fingerprint density at radius 1 is 0.976 bits per heavy atom. The Kier molecular flexibility index (Phi) is 7.15. The van der Waals surface area contributed by atoms with Crippen molar-refractivity contribution in [3.05, 3.63) is 99.7 Å². The van der Waals surface area contributed by atoms with Gasteiger partial charge < -0.3 is 19.1 Å². The van der Waals surface area contributed by atoms with Crippen molar-refractivity contribution in [3.63, 3.8) is 0 Å². The number of aromatic amines is 1. The minimum atomic E-state index is -0.563. The molecule has 0 saturated carbocycles. The Labute approximate surface area is 244 Å². The van der Waals surface area contributed by atoms with Crippen LogP contribution in [0, 0.1) is 5.82 Å². The number of nitrogens with one attached hydrogen (secondary N) is 1. The standard InChI is InChI=1S/C32H34BFN4O4/c1-31(2)32(3,4)42-33(41-31)22-11-13-23(14-12-22)37-16-7-17-38(20-37)30(40)26-18-21(10-15-27(26)34)19-28-24-8-5-6-9-25(24)29(39)36-35-28/h5-6,8-15,18H,7,16-17,19-20H2,1-4H3,(H,36,39). The molecule has 1 N–H and O–H groups in total. The molecule has 1 amide bonds. The van der Waals surface area contributed by atoms with Crippen molar-refractivity contribution >= 4 is 34.9 Å². The normalized spacial score (nSPS) is 18.1. The van der Waals surface area contributed by atoms with Gasteiger partial charge in [-0.05, 0) is 75.5 Å². The first-order chi connectivity index (χ1) is 20.0. The zero-order chi connectivity index (χ0) is 29.6. The van der Waals surface area contributed by atoms with Crippen molar-refractivity contribution < 1.29 is 18.5 Å². The maximum atomic E-state index is 15.0. The van der Waals surface area contributed by atoms with Gasteiger partial charge in [0.05, 0.1) is 34.5 Å². The largest absolute Gasteiger partial charge is 0.494 e. The van der Waals surface area contributed by atoms with E-state index >= 15 is 0 Å². The van der Waals surface area contributed by atoms with Gasteiger partial charge in [0.2, 0.25) is 0 Å². The smallest absolute Gasteiger partial charge is 0.399 e. The van der Waals surface area contributed by atoms with Crippen LogP contribution in [0.15, 0.2) is 71.5 Å². The molecule has 10 heteroatoms. The quantitative estimate of drug-likeness (QED) is 0.362. The number of hydrogen-bond acceptors (Lipinski definition) is 6. The van der Waals surface area contributed by atoms with E-state index in [1.165, 1.54) is 6.07 Å². The highest BCUT2D eigenvalue weighted by Gasteiger charge is 2.51. The second-order valence-electron chi connectivity index (χ2n) is 12.0. The Bertz CT molecular complexity index is 1690. The number of hydrogen-bond donors (Lipinski definition) is 1. The molecule has 1 aromatic heterocycles. The number of amides is 1. The van der Waals surface area contributed by atoms with E-state index in [0.29, 0.717) is 30.7 Å². The lowest BCUT2D eigenvalue weighted by molar-refractivity contribution is 0.00578. The molecule has 0 radical (unpaired) electrons. The van der Waals surface area contributed by atoms with Gasteiger partial charge in [0, 0.05) is 30.6 Å². The zero-order valence-corrected chi connectivity index (χ0v) is 24.3. The Balaban J connectivity index is 1.17. The molecule has 4 aromatic rings. The van der Waals surface area contributed by atoms with Crippen molar-refractivity contribution in [1.82, 2.24) is 15.1 Å². The molecule has 6 rings (SSSR count). The molecule has 42 heavy (non-hydrogen) atoms. The predicted molar refractivity (Wildman–Crippen MR) is 162 cm³/mol. The number of carbonyl (C=O) groups excluding carboxylic acids is 1. The molecule has 216 valence electrons. The van der Waals surface area contributed by atoms with Crippen LogP contribution in [-0.2, 0) is 15.7 Å². The lowest BCUT2D eigenvalue weighted by Crippen LogP contribution is -2.48. The molecule has 2 fully saturated rings. The molecule has 0 bridgehead atoms. The fourth-order valence-electron chi connectivity index (χ4n) is 5.51. The summed E-state index contributed by atoms with van der Waals surface area (Å²) in [6, 6.07) is 19.8. The number of benzene rings is 3. The molecule has 3 aromatic carbocycles. The van der Waals surface area contributed by atoms with Crippen molar-refractivity contribution in [1.29, 1.82) is 0 Å². The molecule has 0 atom stereocenters. The van der Waals surface area contributed by atoms with Gasteiger partial charge in [-0.3, -0.25) is 9.59 Å². The van der Waals surface area contributed by atoms with Crippen molar-refractivity contribution in [2.24, 2.45) is 0 Å². The third-order valence-corrected chi connectivity index (χ3v) is 8.68. The Morgan fingerprint density at radius 3 is 2.38 bits per heavy atom. The number of carbonyl (C=O) groups is 1. The second kappa shape index (κ2) is 10.7. The molecule has 8 nitrogen and oxygen atoms in total. The van der Waals surface area contributed by atoms with Crippen molar-refractivity contribution in [2.45, 2.75) is 51.7 Å². The zero-order valence-electron chi connectivity index (χ0n) is 24.3. The highest BCUT2D eigenvalue weighted by atomic mass is 19.1. The van der Waals surface area contributed by atoms with E-state index in [9.17, 15) is 14.0 Å². The van der Waals surface area contributed by atoms with Gasteiger partial charge in [-0.15, -0.1) is 0 Å². The average molecular weight is 568 g/mol. The molecule has 2 saturated heterocycles. The topological polar surface area (TPSA) is 87.8 Å². The summed E-state index contributed by atoms with van der Waals surface area (Å²) < 4.78 is 27.3. The number of nitrogens with zero attached hydrogens (tertiary/aromatic N) is 3. The molecular weight excluding hydrogens is 534 g/mol. The van der Waals surface area contributed by atoms with Crippen LogP contribution in [0.5, 0.6) is 0 Å². The van der Waals surface area contributed by atoms with Gasteiger partial charge in [-0.1, -0.05) is 36.4 Å². The highest BCUT2D eigenvalue weighted by molar-refractivity contribution is 6.62. The van der Waals surface area contributed by atoms with Crippen molar-refractivity contribution in [2.75, 3.05) is 24.7 Å². The van der Waals surface area contributed by atoms with E-state index in [-0.39, 0.29) is 17.0 Å². The Hall–Kier alpha value is -4.02. The summed E-state index contributed by atoms with van der Waals surface area (Å²) in [5.41, 5.74) is 2.23. The van der Waals surface area contributed by atoms with Gasteiger partial charge in [0.25, 0.3) is 11.5 Å². The maximum absolute atomic E-state index is 15.0. The Morgan fingerprint density at radius 2 is 1.67 bits per heavy atom. The lowest BCUT2D eigenvalue weighted by Gasteiger charge is -2.37. The highest BCUT2D eigenvalue weighted by Crippen LogP contribution is 2.36. The van der Waals surface area contributed by atoms with Crippen LogP contribution in [0.25, 0.3) is 10.8 Å². The molecule has 0 spiro atoms. The third-order valence-electron chi connectivity index (χ3n) is 8.68. The summed E-state index contributed by atoms with van der Waals surface area (Å²) in [6.07, 6.45) is 1.11. The predicted octanol–water partition coefficient (Wildman–Crippen LogP) is 4.26. The van der Waals surface area contributed by atoms with Gasteiger partial charge in [0.15, 0.2) is 0 Å². The lowest BCUT2D eigenvalue weighted by atomic mass is 9.79. The van der Waals surface area contributed by atoms with Gasteiger partial charge in [-0.2, -0.15) is 5.10 Å². The van der Waals surface area contributed by atoms with E-state index in [1.807, 2.05) is 64.1 Å². The first kappa shape index (κ1) is 28.1. The SMILES string of the molecule is CC1(C)OB(c2ccc(N3CCCN(C(=O)c4cc(Cc5n[nH]c(=O)c6ccccc56)ccc4F)C3)cc2)OC1(C)C. The van der Waals surface area contributed by atoms with E-state index in [0.717, 1.165) is 35.1 Å². The molecule has 0 unspecified atom stereocenters. The van der Waals surface area contributed by atoms with Gasteiger partial charge in [-0.25, -0.2) is 9.49 Å². The third kappa shape index (κ3) is 5.21. The first-order valence-electron chi connectivity index (χ1n) is 14.3. The van der Waals surface area contributed by atoms with Crippen LogP contribution in [0.2, 0.25) is 0 Å². The van der Waals surface area contributed by atoms with Crippen LogP contribution in [0.4, 0.5) is 10.1 Å². The molecule has 2 aliphatic rings. The van der Waals surface area contributed by atoms with Gasteiger partial charge in [0.1, 0.15) is 5.82 Å². The second-order valence-corrected chi connectivity index (χ2v) is 12.0. The summed E-state index contributed by atoms with van der Waals surface area (Å²) >= 11 is 0. The molecule has 2 aliphatic heterocycles. The number of fused-ring (bicyclic) bond motifs is 1. The number of aromatic nitrogens is 2. The van der Waals surface area contributed by atoms with Crippen LogP contribution in [-0.4, -0.2) is 59.1 Å². The molecule has 0 aliphatic carbocycles. The number of rotatable bonds is 5. The summed E-state index contributed by atoms with van der Waals surface area (Å²) in [6.45, 7) is 9.79. The fourth-order valence-corrected chi connectivity index (χ4v) is 5.51. The van der Waals surface area contributed by atoms with Crippen LogP contribution in [0.3, 0.4) is 0 Å². The van der Waals surface area contributed by atoms with E-state index in [4.69, 9.17) is 9.31 Å². The monoisotopic (exact) mass is 568 g/mol. The number of H-pyrrole nitrogens is 1. The first-order valence-corrected chi connectivity index (χ1v) is 14.3. The summed E-state index contributed by atoms with van der Waals surface area (Å²) in [4.78, 5) is 29.5. The molecular formula is C32H34BFN4O4. The summed E-state index contributed by atoms with van der Waals surface area (Å²) in [5, 5.41) is 8.04. The van der Waals surface area contributed by atoms with E-state index in [1.54, 1.807) is 29.2 Å². The average Bonchev–Trinajstić information content (AvgIpc) is 3.21. The van der Waals surface area contributed by atoms with Gasteiger partial charge >= 0.3 is 7.12 Å². The minimum Gasteiger partial charge on any atom is -0.399 e. The van der Waals surface area contributed by atoms with Crippen LogP contribution >= 0.6 is 0 Å². The number of anilines is 1. The number of halogens is 1. The van der Waals surface area contributed by atoms with Crippen LogP contribution in [0.1, 0.15) is 55.7 Å². The fraction of sp³-hybridized carbons (Fsp3) is 0.344. The summed E-state index contributed by atoms with van der Waals surface area (Å²) in [7, 11) is -0.442. The maximum Gasteiger partial charge on any atom is 0.494 e. The van der Waals surface area contributed by atoms with E-state index in [2.05, 4.69) is 15.1 Å². The van der Waals surface area contributed by atoms with E-state index < -0.39 is 24.1 Å². The van der Waals surface area contributed by atoms with Crippen molar-refractivity contribution in [3.8, 4) is 0 Å². The summed E-state index contributed by atoms with van der Waals surface area (Å²) in [5.74, 6) is -0.918. The molecule has 3 heterocycles.